The number of anilines is 1. The maximum atomic E-state index is 12.7. The molecule has 0 atom stereocenters. The zero-order chi connectivity index (χ0) is 16.7. The van der Waals surface area contributed by atoms with Crippen LogP contribution in [-0.4, -0.2) is 22.0 Å². The van der Waals surface area contributed by atoms with E-state index in [1.165, 1.54) is 27.8 Å². The molecule has 3 aromatic rings. The maximum Gasteiger partial charge on any atom is 0.262 e. The molecule has 6 heteroatoms. The number of amides is 1. The van der Waals surface area contributed by atoms with Crippen molar-refractivity contribution in [3.63, 3.8) is 0 Å². The number of benzene rings is 1. The van der Waals surface area contributed by atoms with Gasteiger partial charge < -0.3 is 4.90 Å². The molecule has 0 bridgehead atoms. The molecule has 1 aromatic carbocycles. The average Bonchev–Trinajstić information content (AvgIpc) is 3.21. The van der Waals surface area contributed by atoms with Crippen molar-refractivity contribution in [2.75, 3.05) is 11.4 Å². The van der Waals surface area contributed by atoms with Crippen molar-refractivity contribution in [1.82, 2.24) is 9.55 Å². The van der Waals surface area contributed by atoms with Gasteiger partial charge in [-0.3, -0.25) is 14.2 Å². The molecular weight excluding hydrogens is 322 g/mol. The molecule has 1 amide bonds. The van der Waals surface area contributed by atoms with Gasteiger partial charge in [0.2, 0.25) is 5.91 Å². The van der Waals surface area contributed by atoms with Crippen LogP contribution in [0, 0.1) is 0 Å². The van der Waals surface area contributed by atoms with E-state index in [1.54, 1.807) is 4.90 Å². The smallest absolute Gasteiger partial charge is 0.262 e. The molecule has 24 heavy (non-hydrogen) atoms. The van der Waals surface area contributed by atoms with Crippen LogP contribution in [0.5, 0.6) is 0 Å². The van der Waals surface area contributed by atoms with Crippen molar-refractivity contribution in [2.45, 2.75) is 26.3 Å². The van der Waals surface area contributed by atoms with E-state index in [9.17, 15) is 9.59 Å². The fraction of sp³-hybridized carbons (Fsp3) is 0.278. The first-order chi connectivity index (χ1) is 11.7. The second kappa shape index (κ2) is 5.87. The summed E-state index contributed by atoms with van der Waals surface area (Å²) in [5.74, 6) is -0.0749. The topological polar surface area (TPSA) is 55.2 Å². The van der Waals surface area contributed by atoms with Gasteiger partial charge in [-0.1, -0.05) is 25.1 Å². The van der Waals surface area contributed by atoms with Crippen LogP contribution in [0.4, 0.5) is 5.69 Å². The number of fused-ring (bicyclic) bond motifs is 2. The van der Waals surface area contributed by atoms with Crippen LogP contribution in [-0.2, 0) is 24.2 Å². The predicted molar refractivity (Wildman–Crippen MR) is 95.8 cm³/mol. The van der Waals surface area contributed by atoms with E-state index >= 15 is 0 Å². The molecule has 0 saturated heterocycles. The third-order valence-corrected chi connectivity index (χ3v) is 5.60. The molecule has 1 aliphatic heterocycles. The SMILES string of the molecule is CCc1cc2c(=O)n(CC(=O)N3CCc4ccccc43)cnc2s1. The van der Waals surface area contributed by atoms with E-state index in [1.807, 2.05) is 30.3 Å². The third-order valence-electron chi connectivity index (χ3n) is 4.41. The van der Waals surface area contributed by atoms with Crippen LogP contribution in [0.2, 0.25) is 0 Å². The molecule has 0 fully saturated rings. The Labute approximate surface area is 143 Å². The molecule has 0 unspecified atom stereocenters. The number of hydrogen-bond donors (Lipinski definition) is 0. The molecule has 4 rings (SSSR count). The summed E-state index contributed by atoms with van der Waals surface area (Å²) in [6.45, 7) is 2.74. The van der Waals surface area contributed by atoms with Gasteiger partial charge in [0.05, 0.1) is 11.7 Å². The molecule has 122 valence electrons. The highest BCUT2D eigenvalue weighted by atomic mass is 32.1. The lowest BCUT2D eigenvalue weighted by Gasteiger charge is -2.17. The fourth-order valence-corrected chi connectivity index (χ4v) is 4.05. The highest BCUT2D eigenvalue weighted by Crippen LogP contribution is 2.27. The number of rotatable bonds is 3. The van der Waals surface area contributed by atoms with Crippen molar-refractivity contribution in [3.05, 3.63) is 57.5 Å². The fourth-order valence-electron chi connectivity index (χ4n) is 3.12. The second-order valence-electron chi connectivity index (χ2n) is 5.89. The summed E-state index contributed by atoms with van der Waals surface area (Å²) >= 11 is 1.54. The van der Waals surface area contributed by atoms with E-state index in [2.05, 4.69) is 11.9 Å². The molecule has 0 spiro atoms. The Morgan fingerprint density at radius 2 is 2.17 bits per heavy atom. The number of carbonyl (C=O) groups excluding carboxylic acids is 1. The number of carbonyl (C=O) groups is 1. The van der Waals surface area contributed by atoms with Gasteiger partial charge in [0, 0.05) is 17.1 Å². The van der Waals surface area contributed by atoms with Crippen molar-refractivity contribution in [3.8, 4) is 0 Å². The molecule has 0 aliphatic carbocycles. The summed E-state index contributed by atoms with van der Waals surface area (Å²) in [4.78, 5) is 33.3. The third kappa shape index (κ3) is 2.43. The van der Waals surface area contributed by atoms with Gasteiger partial charge >= 0.3 is 0 Å². The zero-order valence-electron chi connectivity index (χ0n) is 13.4. The van der Waals surface area contributed by atoms with Gasteiger partial charge in [-0.25, -0.2) is 4.98 Å². The van der Waals surface area contributed by atoms with Gasteiger partial charge in [0.1, 0.15) is 11.4 Å². The lowest BCUT2D eigenvalue weighted by molar-refractivity contribution is -0.119. The van der Waals surface area contributed by atoms with Gasteiger partial charge in [-0.15, -0.1) is 11.3 Å². The van der Waals surface area contributed by atoms with Crippen LogP contribution in [0.1, 0.15) is 17.4 Å². The molecule has 0 saturated carbocycles. The van der Waals surface area contributed by atoms with E-state index in [0.717, 1.165) is 28.2 Å². The van der Waals surface area contributed by atoms with Gasteiger partial charge in [0.25, 0.3) is 5.56 Å². The van der Waals surface area contributed by atoms with Gasteiger partial charge in [-0.05, 0) is 30.5 Å². The quantitative estimate of drug-likeness (QED) is 0.737. The summed E-state index contributed by atoms with van der Waals surface area (Å²) in [7, 11) is 0. The zero-order valence-corrected chi connectivity index (χ0v) is 14.2. The van der Waals surface area contributed by atoms with Crippen molar-refractivity contribution >= 4 is 33.1 Å². The number of para-hydroxylation sites is 1. The Bertz CT molecular complexity index is 989. The largest absolute Gasteiger partial charge is 0.310 e. The number of thiophene rings is 1. The molecule has 1 aliphatic rings. The van der Waals surface area contributed by atoms with E-state index in [4.69, 9.17) is 0 Å². The van der Waals surface area contributed by atoms with Gasteiger partial charge in [0.15, 0.2) is 0 Å². The monoisotopic (exact) mass is 339 g/mol. The standard InChI is InChI=1S/C18H17N3O2S/c1-2-13-9-14-17(24-13)19-11-20(18(14)23)10-16(22)21-8-7-12-5-3-4-6-15(12)21/h3-6,9,11H,2,7-8,10H2,1H3. The van der Waals surface area contributed by atoms with Crippen molar-refractivity contribution in [1.29, 1.82) is 0 Å². The molecular formula is C18H17N3O2S. The predicted octanol–water partition coefficient (Wildman–Crippen LogP) is 2.61. The normalized spacial score (nSPS) is 13.5. The molecule has 5 nitrogen and oxygen atoms in total. The Hall–Kier alpha value is -2.47. The molecule has 0 N–H and O–H groups in total. The first-order valence-corrected chi connectivity index (χ1v) is 8.85. The number of aryl methyl sites for hydroxylation is 1. The maximum absolute atomic E-state index is 12.7. The van der Waals surface area contributed by atoms with Crippen LogP contribution < -0.4 is 10.5 Å². The summed E-state index contributed by atoms with van der Waals surface area (Å²) in [6, 6.07) is 9.80. The summed E-state index contributed by atoms with van der Waals surface area (Å²) < 4.78 is 1.41. The van der Waals surface area contributed by atoms with E-state index in [-0.39, 0.29) is 18.0 Å². The summed E-state index contributed by atoms with van der Waals surface area (Å²) in [5, 5.41) is 0.606. The van der Waals surface area contributed by atoms with Crippen molar-refractivity contribution < 1.29 is 4.79 Å². The Morgan fingerprint density at radius 3 is 3.00 bits per heavy atom. The average molecular weight is 339 g/mol. The molecule has 3 heterocycles. The summed E-state index contributed by atoms with van der Waals surface area (Å²) in [5.41, 5.74) is 1.99. The Kier molecular flexibility index (Phi) is 3.69. The molecule has 2 aromatic heterocycles. The highest BCUT2D eigenvalue weighted by Gasteiger charge is 2.24. The molecule has 0 radical (unpaired) electrons. The van der Waals surface area contributed by atoms with Crippen LogP contribution in [0.25, 0.3) is 10.2 Å². The second-order valence-corrected chi connectivity index (χ2v) is 7.00. The van der Waals surface area contributed by atoms with Gasteiger partial charge in [-0.2, -0.15) is 0 Å². The minimum atomic E-state index is -0.142. The van der Waals surface area contributed by atoms with E-state index in [0.29, 0.717) is 11.9 Å². The van der Waals surface area contributed by atoms with Crippen LogP contribution in [0.15, 0.2) is 41.5 Å². The lowest BCUT2D eigenvalue weighted by atomic mass is 10.2. The van der Waals surface area contributed by atoms with Crippen LogP contribution in [0.3, 0.4) is 0 Å². The lowest BCUT2D eigenvalue weighted by Crippen LogP contribution is -2.35. The van der Waals surface area contributed by atoms with E-state index < -0.39 is 0 Å². The first kappa shape index (κ1) is 15.1. The minimum Gasteiger partial charge on any atom is -0.310 e. The Morgan fingerprint density at radius 1 is 1.33 bits per heavy atom. The number of aromatic nitrogens is 2. The Balaban J connectivity index is 1.64. The minimum absolute atomic E-state index is 0.0212. The number of nitrogens with zero attached hydrogens (tertiary/aromatic N) is 3. The highest BCUT2D eigenvalue weighted by molar-refractivity contribution is 7.18. The first-order valence-electron chi connectivity index (χ1n) is 8.03. The number of hydrogen-bond acceptors (Lipinski definition) is 4. The summed E-state index contributed by atoms with van der Waals surface area (Å²) in [6.07, 6.45) is 3.23. The van der Waals surface area contributed by atoms with Crippen molar-refractivity contribution in [2.24, 2.45) is 0 Å². The van der Waals surface area contributed by atoms with Crippen LogP contribution >= 0.6 is 11.3 Å².